The topological polar surface area (TPSA) is 109 Å². The van der Waals surface area contributed by atoms with Gasteiger partial charge in [-0.3, -0.25) is 9.59 Å². The van der Waals surface area contributed by atoms with Crippen molar-refractivity contribution < 1.29 is 9.59 Å². The largest absolute Gasteiger partial charge is 0.360 e. The summed E-state index contributed by atoms with van der Waals surface area (Å²) in [7, 11) is 0. The Morgan fingerprint density at radius 3 is 2.69 bits per heavy atom. The van der Waals surface area contributed by atoms with Crippen molar-refractivity contribution in [1.29, 1.82) is 0 Å². The van der Waals surface area contributed by atoms with Gasteiger partial charge in [0.2, 0.25) is 0 Å². The molecule has 0 aliphatic carbocycles. The Balaban J connectivity index is 1.26. The number of nitrogens with zero attached hydrogens (tertiary/aromatic N) is 5. The molecule has 0 bridgehead atoms. The van der Waals surface area contributed by atoms with Crippen molar-refractivity contribution in [2.45, 2.75) is 32.2 Å². The third-order valence-electron chi connectivity index (χ3n) is 5.97. The van der Waals surface area contributed by atoms with E-state index in [1.807, 2.05) is 24.3 Å². The summed E-state index contributed by atoms with van der Waals surface area (Å²) in [5, 5.41) is 8.81. The first-order valence-electron chi connectivity index (χ1n) is 11.0. The zero-order valence-electron chi connectivity index (χ0n) is 17.8. The molecule has 2 N–H and O–H groups in total. The van der Waals surface area contributed by atoms with Gasteiger partial charge in [0.1, 0.15) is 12.1 Å². The Bertz CT molecular complexity index is 1270. The molecule has 1 aromatic carbocycles. The molecule has 0 atom stereocenters. The highest BCUT2D eigenvalue weighted by Gasteiger charge is 2.20. The molecular weight excluding hydrogens is 406 g/mol. The number of Topliss-reactive ketones (excluding diaryl/α,β-unsaturated/α-hetero) is 1. The highest BCUT2D eigenvalue weighted by atomic mass is 16.2. The zero-order chi connectivity index (χ0) is 21.9. The lowest BCUT2D eigenvalue weighted by molar-refractivity contribution is -0.117. The van der Waals surface area contributed by atoms with E-state index in [9.17, 15) is 9.59 Å². The van der Waals surface area contributed by atoms with E-state index >= 15 is 0 Å². The second-order valence-electron chi connectivity index (χ2n) is 8.04. The number of benzene rings is 1. The van der Waals surface area contributed by atoms with Gasteiger partial charge in [0, 0.05) is 36.7 Å². The number of carbonyl (C=O) groups is 2. The van der Waals surface area contributed by atoms with Gasteiger partial charge in [-0.05, 0) is 18.9 Å². The van der Waals surface area contributed by atoms with E-state index in [-0.39, 0.29) is 6.54 Å². The molecule has 5 rings (SSSR count). The SMILES string of the molecule is O=C(NCCn1ncc2c(N3CCCCCC3)ncnc21)C(=O)c1c[nH]c2ccccc12. The van der Waals surface area contributed by atoms with Crippen molar-refractivity contribution in [3.63, 3.8) is 0 Å². The van der Waals surface area contributed by atoms with E-state index in [0.29, 0.717) is 12.1 Å². The molecule has 0 radical (unpaired) electrons. The number of hydrogen-bond donors (Lipinski definition) is 2. The van der Waals surface area contributed by atoms with Gasteiger partial charge in [-0.15, -0.1) is 0 Å². The Labute approximate surface area is 184 Å². The van der Waals surface area contributed by atoms with Crippen LogP contribution in [0, 0.1) is 0 Å². The number of amides is 1. The highest BCUT2D eigenvalue weighted by Crippen LogP contribution is 2.25. The second-order valence-corrected chi connectivity index (χ2v) is 8.04. The van der Waals surface area contributed by atoms with Crippen LogP contribution in [-0.2, 0) is 11.3 Å². The summed E-state index contributed by atoms with van der Waals surface area (Å²) in [6, 6.07) is 7.41. The maximum Gasteiger partial charge on any atom is 0.292 e. The number of aromatic amines is 1. The first-order chi connectivity index (χ1) is 15.7. The molecule has 3 aromatic heterocycles. The van der Waals surface area contributed by atoms with E-state index in [1.165, 1.54) is 12.8 Å². The fourth-order valence-corrected chi connectivity index (χ4v) is 4.32. The van der Waals surface area contributed by atoms with Crippen LogP contribution in [0.15, 0.2) is 43.0 Å². The van der Waals surface area contributed by atoms with E-state index in [4.69, 9.17) is 0 Å². The van der Waals surface area contributed by atoms with Crippen LogP contribution in [0.4, 0.5) is 5.82 Å². The molecule has 1 aliphatic rings. The molecule has 1 aliphatic heterocycles. The predicted molar refractivity (Wildman–Crippen MR) is 122 cm³/mol. The molecule has 0 unspecified atom stereocenters. The van der Waals surface area contributed by atoms with E-state index in [0.717, 1.165) is 53.7 Å². The number of hydrogen-bond acceptors (Lipinski definition) is 6. The van der Waals surface area contributed by atoms with Crippen LogP contribution in [0.1, 0.15) is 36.0 Å². The number of fused-ring (bicyclic) bond motifs is 2. The summed E-state index contributed by atoms with van der Waals surface area (Å²) < 4.78 is 1.74. The zero-order valence-corrected chi connectivity index (χ0v) is 17.8. The lowest BCUT2D eigenvalue weighted by atomic mass is 10.1. The third-order valence-corrected chi connectivity index (χ3v) is 5.97. The summed E-state index contributed by atoms with van der Waals surface area (Å²) >= 11 is 0. The number of aromatic nitrogens is 5. The lowest BCUT2D eigenvalue weighted by Crippen LogP contribution is -2.33. The molecule has 4 heterocycles. The molecule has 9 heteroatoms. The van der Waals surface area contributed by atoms with Crippen LogP contribution in [0.25, 0.3) is 21.9 Å². The minimum absolute atomic E-state index is 0.271. The quantitative estimate of drug-likeness (QED) is 0.359. The highest BCUT2D eigenvalue weighted by molar-refractivity contribution is 6.44. The number of nitrogens with one attached hydrogen (secondary N) is 2. The molecule has 1 saturated heterocycles. The first-order valence-corrected chi connectivity index (χ1v) is 11.0. The van der Waals surface area contributed by atoms with Crippen LogP contribution in [-0.4, -0.2) is 56.1 Å². The third kappa shape index (κ3) is 3.81. The average Bonchev–Trinajstić information content (AvgIpc) is 3.33. The predicted octanol–water partition coefficient (Wildman–Crippen LogP) is 2.69. The summed E-state index contributed by atoms with van der Waals surface area (Å²) in [4.78, 5) is 39.3. The molecule has 0 saturated carbocycles. The molecule has 32 heavy (non-hydrogen) atoms. The first kappa shape index (κ1) is 20.2. The molecule has 0 spiro atoms. The van der Waals surface area contributed by atoms with Gasteiger partial charge in [0.25, 0.3) is 11.7 Å². The lowest BCUT2D eigenvalue weighted by Gasteiger charge is -2.21. The van der Waals surface area contributed by atoms with Crippen LogP contribution in [0.2, 0.25) is 0 Å². The van der Waals surface area contributed by atoms with Crippen LogP contribution in [0.5, 0.6) is 0 Å². The number of rotatable bonds is 6. The van der Waals surface area contributed by atoms with Gasteiger partial charge < -0.3 is 15.2 Å². The van der Waals surface area contributed by atoms with E-state index < -0.39 is 11.7 Å². The molecule has 9 nitrogen and oxygen atoms in total. The maximum atomic E-state index is 12.6. The minimum Gasteiger partial charge on any atom is -0.360 e. The van der Waals surface area contributed by atoms with Gasteiger partial charge in [-0.2, -0.15) is 5.10 Å². The van der Waals surface area contributed by atoms with Crippen LogP contribution >= 0.6 is 0 Å². The molecule has 1 fully saturated rings. The van der Waals surface area contributed by atoms with Crippen molar-refractivity contribution in [2.75, 3.05) is 24.5 Å². The smallest absolute Gasteiger partial charge is 0.292 e. The summed E-state index contributed by atoms with van der Waals surface area (Å²) in [6.45, 7) is 2.66. The van der Waals surface area contributed by atoms with Crippen molar-refractivity contribution in [3.8, 4) is 0 Å². The normalized spacial score (nSPS) is 14.6. The summed E-state index contributed by atoms with van der Waals surface area (Å²) in [5.74, 6) is -0.272. The molecule has 4 aromatic rings. The van der Waals surface area contributed by atoms with Gasteiger partial charge in [0.15, 0.2) is 5.65 Å². The van der Waals surface area contributed by atoms with Gasteiger partial charge >= 0.3 is 0 Å². The van der Waals surface area contributed by atoms with Crippen molar-refractivity contribution in [3.05, 3.63) is 48.5 Å². The van der Waals surface area contributed by atoms with Gasteiger partial charge in [-0.25, -0.2) is 14.6 Å². The number of carbonyl (C=O) groups excluding carboxylic acids is 2. The standard InChI is InChI=1S/C23H25N7O2/c31-20(17-13-25-19-8-4-3-7-16(17)19)23(32)24-9-12-30-22-18(14-28-30)21(26-15-27-22)29-10-5-1-2-6-11-29/h3-4,7-8,13-15,25H,1-2,5-6,9-12H2,(H,24,32). The monoisotopic (exact) mass is 431 g/mol. The minimum atomic E-state index is -0.633. The van der Waals surface area contributed by atoms with Crippen LogP contribution < -0.4 is 10.2 Å². The fourth-order valence-electron chi connectivity index (χ4n) is 4.32. The fraction of sp³-hybridized carbons (Fsp3) is 0.348. The maximum absolute atomic E-state index is 12.6. The molecule has 1 amide bonds. The second kappa shape index (κ2) is 8.78. The summed E-state index contributed by atoms with van der Waals surface area (Å²) in [6.07, 6.45) is 9.76. The number of para-hydroxylation sites is 1. The van der Waals surface area contributed by atoms with Crippen molar-refractivity contribution in [1.82, 2.24) is 30.0 Å². The van der Waals surface area contributed by atoms with Crippen molar-refractivity contribution >= 4 is 39.4 Å². The van der Waals surface area contributed by atoms with Crippen LogP contribution in [0.3, 0.4) is 0 Å². The van der Waals surface area contributed by atoms with Gasteiger partial charge in [-0.1, -0.05) is 31.0 Å². The van der Waals surface area contributed by atoms with Crippen molar-refractivity contribution in [2.24, 2.45) is 0 Å². The number of anilines is 1. The average molecular weight is 432 g/mol. The number of ketones is 1. The Hall–Kier alpha value is -3.75. The Morgan fingerprint density at radius 2 is 1.84 bits per heavy atom. The van der Waals surface area contributed by atoms with E-state index in [1.54, 1.807) is 23.4 Å². The summed E-state index contributed by atoms with van der Waals surface area (Å²) in [5.41, 5.74) is 1.93. The Morgan fingerprint density at radius 1 is 1.03 bits per heavy atom. The van der Waals surface area contributed by atoms with Gasteiger partial charge in [0.05, 0.1) is 23.7 Å². The number of H-pyrrole nitrogens is 1. The molecular formula is C23H25N7O2. The molecule has 164 valence electrons. The van der Waals surface area contributed by atoms with E-state index in [2.05, 4.69) is 30.3 Å². The Kier molecular flexibility index (Phi) is 5.53.